The number of methoxy groups -OCH3 is 2. The van der Waals surface area contributed by atoms with Gasteiger partial charge in [-0.3, -0.25) is 0 Å². The van der Waals surface area contributed by atoms with Crippen LogP contribution in [0.25, 0.3) is 21.8 Å². The zero-order chi connectivity index (χ0) is 16.4. The van der Waals surface area contributed by atoms with E-state index in [1.807, 2.05) is 12.1 Å². The average molecular weight is 312 g/mol. The Balaban J connectivity index is 2.16. The average Bonchev–Trinajstić information content (AvgIpc) is 2.87. The molecule has 1 aromatic heterocycles. The number of fused-ring (bicyclic) bond motifs is 3. The molecule has 0 bridgehead atoms. The minimum Gasteiger partial charge on any atom is -0.497 e. The zero-order valence-electron chi connectivity index (χ0n) is 14.3. The summed E-state index contributed by atoms with van der Waals surface area (Å²) in [6.45, 7) is 2.04. The Morgan fingerprint density at radius 2 is 1.39 bits per heavy atom. The first-order chi connectivity index (χ1) is 11.1. The Morgan fingerprint density at radius 3 is 1.83 bits per heavy atom. The molecule has 0 aliphatic carbocycles. The molecule has 0 radical (unpaired) electrons. The van der Waals surface area contributed by atoms with Crippen molar-refractivity contribution in [2.75, 3.05) is 34.9 Å². The number of nitrogens with zero attached hydrogens (tertiary/aromatic N) is 2. The smallest absolute Gasteiger partial charge is 0.120 e. The lowest BCUT2D eigenvalue weighted by molar-refractivity contribution is 0.389. The van der Waals surface area contributed by atoms with E-state index in [0.717, 1.165) is 31.0 Å². The van der Waals surface area contributed by atoms with Crippen molar-refractivity contribution < 1.29 is 9.47 Å². The van der Waals surface area contributed by atoms with Crippen molar-refractivity contribution in [1.29, 1.82) is 0 Å². The second-order valence-electron chi connectivity index (χ2n) is 6.07. The summed E-state index contributed by atoms with van der Waals surface area (Å²) in [6, 6.07) is 12.6. The third-order valence-corrected chi connectivity index (χ3v) is 4.27. The second kappa shape index (κ2) is 6.50. The van der Waals surface area contributed by atoms with Gasteiger partial charge in [-0.15, -0.1) is 0 Å². The molecule has 0 aliphatic heterocycles. The van der Waals surface area contributed by atoms with Crippen molar-refractivity contribution in [3.8, 4) is 11.5 Å². The maximum Gasteiger partial charge on any atom is 0.120 e. The highest BCUT2D eigenvalue weighted by Gasteiger charge is 2.12. The summed E-state index contributed by atoms with van der Waals surface area (Å²) in [5.41, 5.74) is 2.43. The fourth-order valence-electron chi connectivity index (χ4n) is 3.09. The summed E-state index contributed by atoms with van der Waals surface area (Å²) >= 11 is 0. The van der Waals surface area contributed by atoms with Crippen molar-refractivity contribution in [3.63, 3.8) is 0 Å². The molecule has 0 aliphatic rings. The van der Waals surface area contributed by atoms with Crippen molar-refractivity contribution in [3.05, 3.63) is 36.4 Å². The minimum atomic E-state index is 0.890. The topological polar surface area (TPSA) is 26.6 Å². The van der Waals surface area contributed by atoms with E-state index in [1.165, 1.54) is 21.8 Å². The van der Waals surface area contributed by atoms with E-state index in [9.17, 15) is 0 Å². The van der Waals surface area contributed by atoms with Crippen molar-refractivity contribution in [1.82, 2.24) is 9.47 Å². The highest BCUT2D eigenvalue weighted by atomic mass is 16.5. The molecule has 0 spiro atoms. The number of hydrogen-bond acceptors (Lipinski definition) is 3. The molecule has 0 saturated carbocycles. The van der Waals surface area contributed by atoms with Crippen LogP contribution in [0.2, 0.25) is 0 Å². The predicted octanol–water partition coefficient (Wildman–Crippen LogP) is 3.76. The van der Waals surface area contributed by atoms with Crippen LogP contribution >= 0.6 is 0 Å². The number of ether oxygens (including phenoxy) is 2. The Morgan fingerprint density at radius 1 is 0.870 bits per heavy atom. The molecule has 122 valence electrons. The molecule has 23 heavy (non-hydrogen) atoms. The molecule has 0 saturated heterocycles. The van der Waals surface area contributed by atoms with Gasteiger partial charge >= 0.3 is 0 Å². The number of aromatic nitrogens is 1. The lowest BCUT2D eigenvalue weighted by Gasteiger charge is -2.12. The van der Waals surface area contributed by atoms with Gasteiger partial charge in [0.2, 0.25) is 0 Å². The molecule has 0 atom stereocenters. The molecule has 0 amide bonds. The third kappa shape index (κ3) is 2.99. The van der Waals surface area contributed by atoms with E-state index in [0.29, 0.717) is 0 Å². The summed E-state index contributed by atoms with van der Waals surface area (Å²) in [5.74, 6) is 1.78. The lowest BCUT2D eigenvalue weighted by atomic mass is 10.1. The molecule has 0 fully saturated rings. The molecule has 0 N–H and O–H groups in total. The monoisotopic (exact) mass is 312 g/mol. The van der Waals surface area contributed by atoms with Gasteiger partial charge in [-0.1, -0.05) is 0 Å². The van der Waals surface area contributed by atoms with Crippen molar-refractivity contribution in [2.45, 2.75) is 13.0 Å². The van der Waals surface area contributed by atoms with Crippen LogP contribution in [0, 0.1) is 0 Å². The van der Waals surface area contributed by atoms with Crippen LogP contribution in [0.15, 0.2) is 36.4 Å². The Bertz CT molecular complexity index is 760. The van der Waals surface area contributed by atoms with Crippen LogP contribution in [0.5, 0.6) is 11.5 Å². The number of rotatable bonds is 6. The minimum absolute atomic E-state index is 0.890. The largest absolute Gasteiger partial charge is 0.497 e. The second-order valence-corrected chi connectivity index (χ2v) is 6.07. The van der Waals surface area contributed by atoms with Crippen LogP contribution < -0.4 is 9.47 Å². The fraction of sp³-hybridized carbons (Fsp3) is 0.368. The van der Waals surface area contributed by atoms with Crippen LogP contribution in [-0.4, -0.2) is 44.3 Å². The molecule has 3 rings (SSSR count). The molecule has 4 nitrogen and oxygen atoms in total. The van der Waals surface area contributed by atoms with Gasteiger partial charge in [-0.25, -0.2) is 0 Å². The first-order valence-corrected chi connectivity index (χ1v) is 7.92. The van der Waals surface area contributed by atoms with E-state index < -0.39 is 0 Å². The van der Waals surface area contributed by atoms with Gasteiger partial charge in [0, 0.05) is 29.4 Å². The SMILES string of the molecule is COc1ccc2c3ccc(OC)cc3n(CCCN(C)C)c2c1. The van der Waals surface area contributed by atoms with Gasteiger partial charge < -0.3 is 18.9 Å². The Kier molecular flexibility index (Phi) is 4.44. The molecule has 3 aromatic rings. The first-order valence-electron chi connectivity index (χ1n) is 7.92. The van der Waals surface area contributed by atoms with Gasteiger partial charge in [0.05, 0.1) is 25.3 Å². The van der Waals surface area contributed by atoms with Crippen molar-refractivity contribution >= 4 is 21.8 Å². The van der Waals surface area contributed by atoms with E-state index in [2.05, 4.69) is 47.8 Å². The number of aryl methyl sites for hydroxylation is 1. The zero-order valence-corrected chi connectivity index (χ0v) is 14.3. The molecular formula is C19H24N2O2. The Hall–Kier alpha value is -2.20. The summed E-state index contributed by atoms with van der Waals surface area (Å²) in [7, 11) is 7.64. The molecule has 2 aromatic carbocycles. The summed E-state index contributed by atoms with van der Waals surface area (Å²) in [5, 5.41) is 2.52. The third-order valence-electron chi connectivity index (χ3n) is 4.27. The molecule has 1 heterocycles. The van der Waals surface area contributed by atoms with E-state index >= 15 is 0 Å². The van der Waals surface area contributed by atoms with E-state index in [1.54, 1.807) is 14.2 Å². The van der Waals surface area contributed by atoms with E-state index in [-0.39, 0.29) is 0 Å². The lowest BCUT2D eigenvalue weighted by Crippen LogP contribution is -2.15. The summed E-state index contributed by atoms with van der Waals surface area (Å²) in [4.78, 5) is 2.22. The van der Waals surface area contributed by atoms with Crippen molar-refractivity contribution in [2.24, 2.45) is 0 Å². The number of hydrogen-bond donors (Lipinski definition) is 0. The summed E-state index contributed by atoms with van der Waals surface area (Å²) in [6.07, 6.45) is 1.10. The van der Waals surface area contributed by atoms with Gasteiger partial charge in [-0.2, -0.15) is 0 Å². The normalized spacial score (nSPS) is 11.5. The quantitative estimate of drug-likeness (QED) is 0.693. The van der Waals surface area contributed by atoms with Gasteiger partial charge in [0.25, 0.3) is 0 Å². The first kappa shape index (κ1) is 15.7. The van der Waals surface area contributed by atoms with Crippen LogP contribution in [0.3, 0.4) is 0 Å². The van der Waals surface area contributed by atoms with Gasteiger partial charge in [0.1, 0.15) is 11.5 Å². The molecule has 4 heteroatoms. The molecule has 0 unspecified atom stereocenters. The summed E-state index contributed by atoms with van der Waals surface area (Å²) < 4.78 is 13.2. The highest BCUT2D eigenvalue weighted by molar-refractivity contribution is 6.08. The van der Waals surface area contributed by atoms with Crippen LogP contribution in [0.1, 0.15) is 6.42 Å². The number of benzene rings is 2. The standard InChI is InChI=1S/C19H24N2O2/c1-20(2)10-5-11-21-18-12-14(22-3)6-8-16(18)17-9-7-15(23-4)13-19(17)21/h6-9,12-13H,5,10-11H2,1-4H3. The Labute approximate surface area is 137 Å². The van der Waals surface area contributed by atoms with Crippen LogP contribution in [0.4, 0.5) is 0 Å². The predicted molar refractivity (Wildman–Crippen MR) is 95.7 cm³/mol. The van der Waals surface area contributed by atoms with Crippen LogP contribution in [-0.2, 0) is 6.54 Å². The maximum absolute atomic E-state index is 5.41. The molecular weight excluding hydrogens is 288 g/mol. The van der Waals surface area contributed by atoms with Gasteiger partial charge in [0.15, 0.2) is 0 Å². The fourth-order valence-corrected chi connectivity index (χ4v) is 3.09. The highest BCUT2D eigenvalue weighted by Crippen LogP contribution is 2.33. The van der Waals surface area contributed by atoms with Gasteiger partial charge in [-0.05, 0) is 51.3 Å². The van der Waals surface area contributed by atoms with E-state index in [4.69, 9.17) is 9.47 Å². The maximum atomic E-state index is 5.41.